The normalized spacial score (nSPS) is 15.4. The molecule has 4 heteroatoms. The van der Waals surface area contributed by atoms with E-state index in [1.54, 1.807) is 0 Å². The smallest absolute Gasteiger partial charge is 0.222 e. The molecule has 1 fully saturated rings. The van der Waals surface area contributed by atoms with Crippen LogP contribution < -0.4 is 10.1 Å². The summed E-state index contributed by atoms with van der Waals surface area (Å²) in [7, 11) is 1.90. The van der Waals surface area contributed by atoms with E-state index in [9.17, 15) is 4.79 Å². The van der Waals surface area contributed by atoms with E-state index < -0.39 is 0 Å². The molecule has 1 aliphatic rings. The van der Waals surface area contributed by atoms with Gasteiger partial charge in [-0.05, 0) is 63.2 Å². The third-order valence-corrected chi connectivity index (χ3v) is 4.64. The number of piperidine rings is 1. The fraction of sp³-hybridized carbons (Fsp3) is 0.632. The average Bonchev–Trinajstić information content (AvgIpc) is 2.58. The fourth-order valence-electron chi connectivity index (χ4n) is 3.02. The largest absolute Gasteiger partial charge is 0.493 e. The van der Waals surface area contributed by atoms with E-state index in [0.717, 1.165) is 49.7 Å². The zero-order chi connectivity index (χ0) is 16.5. The summed E-state index contributed by atoms with van der Waals surface area (Å²) in [4.78, 5) is 14.0. The summed E-state index contributed by atoms with van der Waals surface area (Å²) in [5.41, 5.74) is 1.15. The zero-order valence-electron chi connectivity index (χ0n) is 14.5. The van der Waals surface area contributed by atoms with Crippen LogP contribution in [0.15, 0.2) is 24.3 Å². The van der Waals surface area contributed by atoms with E-state index >= 15 is 0 Å². The van der Waals surface area contributed by atoms with Gasteiger partial charge in [0.25, 0.3) is 0 Å². The minimum absolute atomic E-state index is 0.263. The molecule has 1 amide bonds. The van der Waals surface area contributed by atoms with Gasteiger partial charge in [0, 0.05) is 20.0 Å². The number of carbonyl (C=O) groups excluding carboxylic acids is 1. The van der Waals surface area contributed by atoms with E-state index in [4.69, 9.17) is 4.74 Å². The number of amides is 1. The highest BCUT2D eigenvalue weighted by molar-refractivity contribution is 5.75. The number of aryl methyl sites for hydroxylation is 1. The molecule has 1 aromatic rings. The monoisotopic (exact) mass is 318 g/mol. The van der Waals surface area contributed by atoms with Crippen LogP contribution in [-0.2, 0) is 4.79 Å². The molecule has 4 nitrogen and oxygen atoms in total. The van der Waals surface area contributed by atoms with Gasteiger partial charge in [0.2, 0.25) is 5.91 Å². The first-order valence-electron chi connectivity index (χ1n) is 8.80. The Morgan fingerprint density at radius 2 is 2.04 bits per heavy atom. The second-order valence-corrected chi connectivity index (χ2v) is 6.51. The molecule has 1 heterocycles. The molecule has 0 atom stereocenters. The van der Waals surface area contributed by atoms with Crippen molar-refractivity contribution in [1.82, 2.24) is 10.2 Å². The maximum atomic E-state index is 12.2. The maximum Gasteiger partial charge on any atom is 0.222 e. The number of hydrogen-bond donors (Lipinski definition) is 1. The molecule has 23 heavy (non-hydrogen) atoms. The number of para-hydroxylation sites is 1. The summed E-state index contributed by atoms with van der Waals surface area (Å²) in [5, 5.41) is 3.37. The van der Waals surface area contributed by atoms with Gasteiger partial charge >= 0.3 is 0 Å². The van der Waals surface area contributed by atoms with Gasteiger partial charge in [-0.3, -0.25) is 4.79 Å². The van der Waals surface area contributed by atoms with Crippen LogP contribution >= 0.6 is 0 Å². The van der Waals surface area contributed by atoms with Crippen LogP contribution in [0.1, 0.15) is 37.7 Å². The van der Waals surface area contributed by atoms with E-state index in [1.807, 2.05) is 43.1 Å². The topological polar surface area (TPSA) is 41.6 Å². The first-order valence-corrected chi connectivity index (χ1v) is 8.80. The van der Waals surface area contributed by atoms with Crippen LogP contribution in [0.3, 0.4) is 0 Å². The van der Waals surface area contributed by atoms with Crippen LogP contribution in [0.25, 0.3) is 0 Å². The molecule has 0 aliphatic carbocycles. The van der Waals surface area contributed by atoms with Gasteiger partial charge in [-0.25, -0.2) is 0 Å². The highest BCUT2D eigenvalue weighted by Crippen LogP contribution is 2.18. The Balaban J connectivity index is 1.59. The van der Waals surface area contributed by atoms with Crippen molar-refractivity contribution in [2.45, 2.75) is 39.0 Å². The van der Waals surface area contributed by atoms with Crippen LogP contribution in [-0.4, -0.2) is 44.1 Å². The number of rotatable bonds is 8. The summed E-state index contributed by atoms with van der Waals surface area (Å²) < 4.78 is 5.78. The molecule has 2 rings (SSSR count). The van der Waals surface area contributed by atoms with Gasteiger partial charge in [0.1, 0.15) is 5.75 Å². The lowest BCUT2D eigenvalue weighted by Crippen LogP contribution is -2.31. The van der Waals surface area contributed by atoms with Crippen LogP contribution in [0.4, 0.5) is 0 Å². The summed E-state index contributed by atoms with van der Waals surface area (Å²) in [6, 6.07) is 8.03. The summed E-state index contributed by atoms with van der Waals surface area (Å²) in [6.45, 7) is 5.66. The van der Waals surface area contributed by atoms with Gasteiger partial charge in [0.05, 0.1) is 6.61 Å². The highest BCUT2D eigenvalue weighted by atomic mass is 16.5. The molecule has 0 radical (unpaired) electrons. The van der Waals surface area contributed by atoms with Crippen molar-refractivity contribution in [3.8, 4) is 5.75 Å². The lowest BCUT2D eigenvalue weighted by molar-refractivity contribution is -0.130. The number of nitrogens with zero attached hydrogens (tertiary/aromatic N) is 1. The third-order valence-electron chi connectivity index (χ3n) is 4.64. The first kappa shape index (κ1) is 17.8. The minimum atomic E-state index is 0.263. The van der Waals surface area contributed by atoms with Crippen LogP contribution in [0.2, 0.25) is 0 Å². The summed E-state index contributed by atoms with van der Waals surface area (Å²) in [5.74, 6) is 1.92. The first-order chi connectivity index (χ1) is 11.2. The predicted molar refractivity (Wildman–Crippen MR) is 93.8 cm³/mol. The van der Waals surface area contributed by atoms with Gasteiger partial charge in [-0.2, -0.15) is 0 Å². The van der Waals surface area contributed by atoms with Crippen molar-refractivity contribution in [3.05, 3.63) is 29.8 Å². The van der Waals surface area contributed by atoms with Crippen molar-refractivity contribution in [2.75, 3.05) is 33.3 Å². The zero-order valence-corrected chi connectivity index (χ0v) is 14.5. The third kappa shape index (κ3) is 6.22. The Morgan fingerprint density at radius 1 is 1.30 bits per heavy atom. The standard InChI is InChI=1S/C19H30N2O2/c1-16-6-3-4-7-18(16)23-15-5-14-21(2)19(22)9-8-17-10-12-20-13-11-17/h3-4,6-7,17,20H,5,8-15H2,1-2H3. The fourth-order valence-corrected chi connectivity index (χ4v) is 3.02. The second kappa shape index (κ2) is 9.56. The van der Waals surface area contributed by atoms with Crippen LogP contribution in [0, 0.1) is 12.8 Å². The number of nitrogens with one attached hydrogen (secondary N) is 1. The lowest BCUT2D eigenvalue weighted by Gasteiger charge is -2.23. The molecule has 1 aromatic carbocycles. The molecular formula is C19H30N2O2. The summed E-state index contributed by atoms with van der Waals surface area (Å²) in [6.07, 6.45) is 5.00. The molecule has 0 spiro atoms. The van der Waals surface area contributed by atoms with Gasteiger partial charge in [-0.1, -0.05) is 18.2 Å². The minimum Gasteiger partial charge on any atom is -0.493 e. The lowest BCUT2D eigenvalue weighted by atomic mass is 9.93. The molecule has 0 bridgehead atoms. The number of carbonyl (C=O) groups is 1. The average molecular weight is 318 g/mol. The Kier molecular flexibility index (Phi) is 7.40. The van der Waals surface area contributed by atoms with Crippen LogP contribution in [0.5, 0.6) is 5.75 Å². The maximum absolute atomic E-state index is 12.2. The molecular weight excluding hydrogens is 288 g/mol. The Bertz CT molecular complexity index is 484. The molecule has 0 unspecified atom stereocenters. The molecule has 1 aliphatic heterocycles. The molecule has 0 saturated carbocycles. The Labute approximate surface area is 140 Å². The van der Waals surface area contributed by atoms with Gasteiger partial charge in [0.15, 0.2) is 0 Å². The molecule has 1 saturated heterocycles. The second-order valence-electron chi connectivity index (χ2n) is 6.51. The molecule has 1 N–H and O–H groups in total. The predicted octanol–water partition coefficient (Wildman–Crippen LogP) is 3.00. The number of benzene rings is 1. The SMILES string of the molecule is Cc1ccccc1OCCCN(C)C(=O)CCC1CCNCC1. The van der Waals surface area contributed by atoms with E-state index in [1.165, 1.54) is 12.8 Å². The highest BCUT2D eigenvalue weighted by Gasteiger charge is 2.16. The van der Waals surface area contributed by atoms with Crippen molar-refractivity contribution in [2.24, 2.45) is 5.92 Å². The molecule has 128 valence electrons. The quantitative estimate of drug-likeness (QED) is 0.749. The van der Waals surface area contributed by atoms with Gasteiger partial charge in [-0.15, -0.1) is 0 Å². The summed E-state index contributed by atoms with van der Waals surface area (Å²) >= 11 is 0. The van der Waals surface area contributed by atoms with Crippen molar-refractivity contribution in [3.63, 3.8) is 0 Å². The molecule has 0 aromatic heterocycles. The van der Waals surface area contributed by atoms with Crippen molar-refractivity contribution < 1.29 is 9.53 Å². The van der Waals surface area contributed by atoms with Crippen molar-refractivity contribution in [1.29, 1.82) is 0 Å². The van der Waals surface area contributed by atoms with E-state index in [0.29, 0.717) is 13.0 Å². The Morgan fingerprint density at radius 3 is 2.78 bits per heavy atom. The van der Waals surface area contributed by atoms with Crippen molar-refractivity contribution >= 4 is 5.91 Å². The number of hydrogen-bond acceptors (Lipinski definition) is 3. The van der Waals surface area contributed by atoms with Gasteiger partial charge < -0.3 is 15.0 Å². The number of ether oxygens (including phenoxy) is 1. The Hall–Kier alpha value is -1.55. The van der Waals surface area contributed by atoms with E-state index in [2.05, 4.69) is 5.32 Å². The van der Waals surface area contributed by atoms with E-state index in [-0.39, 0.29) is 5.91 Å².